The first-order chi connectivity index (χ1) is 6.50. The van der Waals surface area contributed by atoms with Crippen LogP contribution in [0.3, 0.4) is 0 Å². The highest BCUT2D eigenvalue weighted by Crippen LogP contribution is 2.19. The van der Waals surface area contributed by atoms with Gasteiger partial charge in [0.05, 0.1) is 5.69 Å². The molecule has 0 aliphatic rings. The highest BCUT2D eigenvalue weighted by atomic mass is 32.1. The summed E-state index contributed by atoms with van der Waals surface area (Å²) in [7, 11) is 4.01. The van der Waals surface area contributed by atoms with E-state index in [1.54, 1.807) is 11.3 Å². The highest BCUT2D eigenvalue weighted by molar-refractivity contribution is 7.13. The summed E-state index contributed by atoms with van der Waals surface area (Å²) in [6, 6.07) is 0.215. The molecule has 1 atom stereocenters. The lowest BCUT2D eigenvalue weighted by Crippen LogP contribution is -2.28. The van der Waals surface area contributed by atoms with Crippen molar-refractivity contribution >= 4 is 16.5 Å². The summed E-state index contributed by atoms with van der Waals surface area (Å²) < 4.78 is 0. The van der Waals surface area contributed by atoms with Crippen molar-refractivity contribution < 1.29 is 0 Å². The summed E-state index contributed by atoms with van der Waals surface area (Å²) in [5, 5.41) is 3.15. The standard InChI is InChI=1S/C10H19N3S/c1-7(2)9(11)5-8-6-14-10(12-8)13(3)4/h6-7,9H,5,11H2,1-4H3. The van der Waals surface area contributed by atoms with Gasteiger partial charge in [0.15, 0.2) is 5.13 Å². The zero-order valence-electron chi connectivity index (χ0n) is 9.32. The summed E-state index contributed by atoms with van der Waals surface area (Å²) in [6.07, 6.45) is 0.877. The first kappa shape index (κ1) is 11.5. The van der Waals surface area contributed by atoms with Crippen molar-refractivity contribution in [3.8, 4) is 0 Å². The van der Waals surface area contributed by atoms with Crippen LogP contribution in [0.1, 0.15) is 19.5 Å². The van der Waals surface area contributed by atoms with E-state index in [-0.39, 0.29) is 6.04 Å². The van der Waals surface area contributed by atoms with Gasteiger partial charge < -0.3 is 10.6 Å². The zero-order chi connectivity index (χ0) is 10.7. The first-order valence-electron chi connectivity index (χ1n) is 4.88. The molecular weight excluding hydrogens is 194 g/mol. The largest absolute Gasteiger partial charge is 0.354 e. The Bertz CT molecular complexity index is 281. The summed E-state index contributed by atoms with van der Waals surface area (Å²) in [4.78, 5) is 6.52. The molecule has 0 aliphatic carbocycles. The van der Waals surface area contributed by atoms with Crippen LogP contribution in [0.4, 0.5) is 5.13 Å². The van der Waals surface area contributed by atoms with Crippen molar-refractivity contribution in [1.82, 2.24) is 4.98 Å². The van der Waals surface area contributed by atoms with Gasteiger partial charge in [0.25, 0.3) is 0 Å². The maximum Gasteiger partial charge on any atom is 0.184 e. The minimum atomic E-state index is 0.215. The fourth-order valence-electron chi connectivity index (χ4n) is 1.07. The van der Waals surface area contributed by atoms with Gasteiger partial charge in [-0.1, -0.05) is 13.8 Å². The number of hydrogen-bond acceptors (Lipinski definition) is 4. The van der Waals surface area contributed by atoms with E-state index >= 15 is 0 Å². The molecule has 1 aromatic rings. The molecule has 0 aromatic carbocycles. The maximum atomic E-state index is 5.98. The Hall–Kier alpha value is -0.610. The van der Waals surface area contributed by atoms with Gasteiger partial charge in [-0.3, -0.25) is 0 Å². The third-order valence-corrected chi connectivity index (χ3v) is 3.28. The Morgan fingerprint density at radius 2 is 2.14 bits per heavy atom. The number of aromatic nitrogens is 1. The van der Waals surface area contributed by atoms with Gasteiger partial charge >= 0.3 is 0 Å². The quantitative estimate of drug-likeness (QED) is 0.828. The smallest absolute Gasteiger partial charge is 0.184 e. The molecule has 14 heavy (non-hydrogen) atoms. The SMILES string of the molecule is CC(C)C(N)Cc1csc(N(C)C)n1. The summed E-state index contributed by atoms with van der Waals surface area (Å²) in [6.45, 7) is 4.29. The van der Waals surface area contributed by atoms with E-state index in [1.165, 1.54) is 0 Å². The van der Waals surface area contributed by atoms with Crippen molar-refractivity contribution in [1.29, 1.82) is 0 Å². The molecule has 0 saturated heterocycles. The van der Waals surface area contributed by atoms with Crippen LogP contribution in [0, 0.1) is 5.92 Å². The molecule has 0 aliphatic heterocycles. The van der Waals surface area contributed by atoms with Crippen molar-refractivity contribution in [3.05, 3.63) is 11.1 Å². The van der Waals surface area contributed by atoms with E-state index in [2.05, 4.69) is 24.2 Å². The van der Waals surface area contributed by atoms with Gasteiger partial charge in [-0.2, -0.15) is 0 Å². The average Bonchev–Trinajstić information content (AvgIpc) is 2.52. The predicted octanol–water partition coefficient (Wildman–Crippen LogP) is 1.73. The number of nitrogens with zero attached hydrogens (tertiary/aromatic N) is 2. The molecule has 0 bridgehead atoms. The van der Waals surface area contributed by atoms with Gasteiger partial charge in [-0.25, -0.2) is 4.98 Å². The molecule has 1 rings (SSSR count). The van der Waals surface area contributed by atoms with Crippen molar-refractivity contribution in [2.24, 2.45) is 11.7 Å². The fourth-order valence-corrected chi connectivity index (χ4v) is 1.84. The molecule has 80 valence electrons. The van der Waals surface area contributed by atoms with Gasteiger partial charge in [-0.05, 0) is 5.92 Å². The fraction of sp³-hybridized carbons (Fsp3) is 0.700. The lowest BCUT2D eigenvalue weighted by molar-refractivity contribution is 0.487. The molecule has 0 saturated carbocycles. The van der Waals surface area contributed by atoms with Gasteiger partial charge in [0, 0.05) is 31.9 Å². The molecule has 0 amide bonds. The molecule has 0 spiro atoms. The van der Waals surface area contributed by atoms with Crippen LogP contribution in [-0.2, 0) is 6.42 Å². The van der Waals surface area contributed by atoms with Crippen LogP contribution in [0.25, 0.3) is 0 Å². The molecule has 0 radical (unpaired) electrons. The highest BCUT2D eigenvalue weighted by Gasteiger charge is 2.11. The second kappa shape index (κ2) is 4.75. The van der Waals surface area contributed by atoms with E-state index in [4.69, 9.17) is 5.73 Å². The van der Waals surface area contributed by atoms with E-state index in [9.17, 15) is 0 Å². The van der Waals surface area contributed by atoms with Crippen LogP contribution in [0.2, 0.25) is 0 Å². The predicted molar refractivity (Wildman–Crippen MR) is 63.0 cm³/mol. The Morgan fingerprint density at radius 1 is 1.50 bits per heavy atom. The Kier molecular flexibility index (Phi) is 3.89. The summed E-state index contributed by atoms with van der Waals surface area (Å²) in [5.41, 5.74) is 7.10. The van der Waals surface area contributed by atoms with Crippen molar-refractivity contribution in [2.45, 2.75) is 26.3 Å². The monoisotopic (exact) mass is 213 g/mol. The Morgan fingerprint density at radius 3 is 2.57 bits per heavy atom. The molecule has 1 heterocycles. The number of thiazole rings is 1. The number of anilines is 1. The first-order valence-corrected chi connectivity index (χ1v) is 5.76. The van der Waals surface area contributed by atoms with Crippen LogP contribution in [-0.4, -0.2) is 25.1 Å². The number of nitrogens with two attached hydrogens (primary N) is 1. The molecule has 4 heteroatoms. The summed E-state index contributed by atoms with van der Waals surface area (Å²) >= 11 is 1.67. The van der Waals surface area contributed by atoms with Gasteiger partial charge in [0.1, 0.15) is 0 Å². The number of rotatable bonds is 4. The van der Waals surface area contributed by atoms with E-state index in [1.807, 2.05) is 19.0 Å². The minimum Gasteiger partial charge on any atom is -0.354 e. The minimum absolute atomic E-state index is 0.215. The second-order valence-electron chi connectivity index (χ2n) is 4.13. The molecule has 0 fully saturated rings. The third-order valence-electron chi connectivity index (χ3n) is 2.22. The number of hydrogen-bond donors (Lipinski definition) is 1. The third kappa shape index (κ3) is 2.96. The molecule has 3 nitrogen and oxygen atoms in total. The van der Waals surface area contributed by atoms with Crippen LogP contribution in [0.5, 0.6) is 0 Å². The lowest BCUT2D eigenvalue weighted by atomic mass is 10.0. The zero-order valence-corrected chi connectivity index (χ0v) is 10.1. The lowest BCUT2D eigenvalue weighted by Gasteiger charge is -2.13. The Balaban J connectivity index is 2.60. The summed E-state index contributed by atoms with van der Waals surface area (Å²) in [5.74, 6) is 0.513. The topological polar surface area (TPSA) is 42.1 Å². The van der Waals surface area contributed by atoms with Crippen molar-refractivity contribution in [2.75, 3.05) is 19.0 Å². The second-order valence-corrected chi connectivity index (χ2v) is 4.96. The maximum absolute atomic E-state index is 5.98. The molecular formula is C10H19N3S. The van der Waals surface area contributed by atoms with Gasteiger partial charge in [-0.15, -0.1) is 11.3 Å². The molecule has 1 aromatic heterocycles. The van der Waals surface area contributed by atoms with Crippen LogP contribution >= 0.6 is 11.3 Å². The normalized spacial score (nSPS) is 13.3. The van der Waals surface area contributed by atoms with Crippen molar-refractivity contribution in [3.63, 3.8) is 0 Å². The Labute approximate surface area is 89.9 Å². The average molecular weight is 213 g/mol. The van der Waals surface area contributed by atoms with Gasteiger partial charge in [0.2, 0.25) is 0 Å². The van der Waals surface area contributed by atoms with E-state index in [0.29, 0.717) is 5.92 Å². The molecule has 1 unspecified atom stereocenters. The van der Waals surface area contributed by atoms with E-state index < -0.39 is 0 Å². The van der Waals surface area contributed by atoms with Crippen LogP contribution in [0.15, 0.2) is 5.38 Å². The van der Waals surface area contributed by atoms with Crippen LogP contribution < -0.4 is 10.6 Å². The molecule has 2 N–H and O–H groups in total. The van der Waals surface area contributed by atoms with E-state index in [0.717, 1.165) is 17.2 Å².